The van der Waals surface area contributed by atoms with E-state index >= 15 is 0 Å². The third kappa shape index (κ3) is 3.16. The summed E-state index contributed by atoms with van der Waals surface area (Å²) in [7, 11) is 0. The summed E-state index contributed by atoms with van der Waals surface area (Å²) in [5.74, 6) is -0.488. The Balaban J connectivity index is 2.11. The Hall–Kier alpha value is -2.68. The van der Waals surface area contributed by atoms with Gasteiger partial charge in [-0.05, 0) is 24.6 Å². The number of hydrogen-bond acceptors (Lipinski definition) is 6. The molecule has 0 aliphatic heterocycles. The number of nitrogens with zero attached hydrogens (tertiary/aromatic N) is 3. The van der Waals surface area contributed by atoms with Crippen LogP contribution in [0.5, 0.6) is 0 Å². The van der Waals surface area contributed by atoms with Crippen molar-refractivity contribution in [2.45, 2.75) is 13.3 Å². The largest absolute Gasteiger partial charge is 0.459 e. The number of aromatic nitrogens is 2. The van der Waals surface area contributed by atoms with Crippen LogP contribution in [-0.2, 0) is 11.2 Å². The molecule has 0 aliphatic rings. The number of carbonyl (C=O) groups excluding carboxylic acids is 1. The van der Waals surface area contributed by atoms with Gasteiger partial charge in [-0.3, -0.25) is 0 Å². The van der Waals surface area contributed by atoms with Crippen LogP contribution in [0.1, 0.15) is 34.6 Å². The Morgan fingerprint density at radius 1 is 1.47 bits per heavy atom. The summed E-state index contributed by atoms with van der Waals surface area (Å²) in [6.45, 7) is 1.95. The average molecular weight is 257 g/mol. The SMILES string of the molecule is CCOC(=O)c1nnc(Cc2cccc(C#N)c2)o1. The van der Waals surface area contributed by atoms with Gasteiger partial charge in [0.25, 0.3) is 0 Å². The van der Waals surface area contributed by atoms with Crippen molar-refractivity contribution in [3.63, 3.8) is 0 Å². The molecule has 0 atom stereocenters. The summed E-state index contributed by atoms with van der Waals surface area (Å²) in [6.07, 6.45) is 0.363. The topological polar surface area (TPSA) is 89.0 Å². The quantitative estimate of drug-likeness (QED) is 0.774. The molecule has 2 rings (SSSR count). The van der Waals surface area contributed by atoms with E-state index in [1.807, 2.05) is 6.07 Å². The monoisotopic (exact) mass is 257 g/mol. The highest BCUT2D eigenvalue weighted by molar-refractivity contribution is 5.83. The highest BCUT2D eigenvalue weighted by atomic mass is 16.5. The zero-order valence-electron chi connectivity index (χ0n) is 10.3. The molecule has 0 spiro atoms. The van der Waals surface area contributed by atoms with Crippen molar-refractivity contribution in [2.24, 2.45) is 0 Å². The number of benzene rings is 1. The predicted octanol–water partition coefficient (Wildman–Crippen LogP) is 1.71. The lowest BCUT2D eigenvalue weighted by Crippen LogP contribution is -2.04. The minimum Gasteiger partial charge on any atom is -0.459 e. The van der Waals surface area contributed by atoms with Crippen LogP contribution in [0.25, 0.3) is 0 Å². The van der Waals surface area contributed by atoms with Crippen LogP contribution in [0.4, 0.5) is 0 Å². The first kappa shape index (κ1) is 12.8. The predicted molar refractivity (Wildman–Crippen MR) is 64.2 cm³/mol. The normalized spacial score (nSPS) is 9.89. The van der Waals surface area contributed by atoms with E-state index in [-0.39, 0.29) is 12.5 Å². The van der Waals surface area contributed by atoms with E-state index in [0.717, 1.165) is 5.56 Å². The van der Waals surface area contributed by atoms with Crippen LogP contribution >= 0.6 is 0 Å². The molecule has 1 aromatic heterocycles. The van der Waals surface area contributed by atoms with Crippen molar-refractivity contribution in [2.75, 3.05) is 6.61 Å². The van der Waals surface area contributed by atoms with Gasteiger partial charge in [0.1, 0.15) is 0 Å². The average Bonchev–Trinajstić information content (AvgIpc) is 2.88. The van der Waals surface area contributed by atoms with E-state index in [1.165, 1.54) is 0 Å². The molecule has 6 heteroatoms. The molecule has 6 nitrogen and oxygen atoms in total. The minimum absolute atomic E-state index is 0.159. The van der Waals surface area contributed by atoms with Gasteiger partial charge in [-0.2, -0.15) is 5.26 Å². The molecule has 1 heterocycles. The smallest absolute Gasteiger partial charge is 0.396 e. The van der Waals surface area contributed by atoms with Gasteiger partial charge in [0.2, 0.25) is 5.89 Å². The van der Waals surface area contributed by atoms with Gasteiger partial charge in [0.05, 0.1) is 24.7 Å². The van der Waals surface area contributed by atoms with Crippen molar-refractivity contribution < 1.29 is 13.9 Å². The second kappa shape index (κ2) is 5.78. The van der Waals surface area contributed by atoms with E-state index in [4.69, 9.17) is 14.4 Å². The number of nitriles is 1. The van der Waals surface area contributed by atoms with Gasteiger partial charge in [-0.25, -0.2) is 4.79 Å². The molecule has 0 saturated carbocycles. The van der Waals surface area contributed by atoms with Crippen molar-refractivity contribution >= 4 is 5.97 Å². The summed E-state index contributed by atoms with van der Waals surface area (Å²) in [4.78, 5) is 11.3. The Bertz CT molecular complexity index is 628. The Labute approximate surface area is 109 Å². The number of hydrogen-bond donors (Lipinski definition) is 0. The Kier molecular flexibility index (Phi) is 3.88. The fraction of sp³-hybridized carbons (Fsp3) is 0.231. The molecule has 96 valence electrons. The molecular formula is C13H11N3O3. The van der Waals surface area contributed by atoms with Gasteiger partial charge in [0, 0.05) is 0 Å². The molecule has 0 aliphatic carbocycles. The molecule has 19 heavy (non-hydrogen) atoms. The van der Waals surface area contributed by atoms with Gasteiger partial charge in [0.15, 0.2) is 0 Å². The summed E-state index contributed by atoms with van der Waals surface area (Å²) in [5, 5.41) is 16.2. The molecule has 0 unspecified atom stereocenters. The highest BCUT2D eigenvalue weighted by Gasteiger charge is 2.15. The maximum Gasteiger partial charge on any atom is 0.396 e. The first-order chi connectivity index (χ1) is 9.22. The summed E-state index contributed by atoms with van der Waals surface area (Å²) < 4.78 is 9.95. The van der Waals surface area contributed by atoms with Crippen molar-refractivity contribution in [3.8, 4) is 6.07 Å². The van der Waals surface area contributed by atoms with Gasteiger partial charge in [-0.1, -0.05) is 12.1 Å². The van der Waals surface area contributed by atoms with Crippen LogP contribution in [0.3, 0.4) is 0 Å². The van der Waals surface area contributed by atoms with Crippen molar-refractivity contribution in [1.82, 2.24) is 10.2 Å². The first-order valence-corrected chi connectivity index (χ1v) is 5.71. The number of esters is 1. The molecule has 0 N–H and O–H groups in total. The molecule has 1 aromatic carbocycles. The molecule has 0 saturated heterocycles. The van der Waals surface area contributed by atoms with Crippen molar-refractivity contribution in [3.05, 3.63) is 47.2 Å². The molecule has 0 fully saturated rings. The third-order valence-corrected chi connectivity index (χ3v) is 2.33. The third-order valence-electron chi connectivity index (χ3n) is 2.33. The van der Waals surface area contributed by atoms with E-state index < -0.39 is 5.97 Å². The molecule has 2 aromatic rings. The number of ether oxygens (including phenoxy) is 1. The lowest BCUT2D eigenvalue weighted by molar-refractivity contribution is 0.0479. The molecule has 0 bridgehead atoms. The second-order valence-corrected chi connectivity index (χ2v) is 3.71. The minimum atomic E-state index is -0.632. The summed E-state index contributed by atoms with van der Waals surface area (Å²) in [6, 6.07) is 9.11. The summed E-state index contributed by atoms with van der Waals surface area (Å²) in [5.41, 5.74) is 1.42. The zero-order valence-corrected chi connectivity index (χ0v) is 10.3. The second-order valence-electron chi connectivity index (χ2n) is 3.71. The number of carbonyl (C=O) groups is 1. The highest BCUT2D eigenvalue weighted by Crippen LogP contribution is 2.11. The van der Waals surface area contributed by atoms with Crippen LogP contribution < -0.4 is 0 Å². The Morgan fingerprint density at radius 3 is 3.05 bits per heavy atom. The standard InChI is InChI=1S/C13H11N3O3/c1-2-18-13(17)12-16-15-11(19-12)7-9-4-3-5-10(6-9)8-14/h3-6H,2,7H2,1H3. The first-order valence-electron chi connectivity index (χ1n) is 5.71. The number of rotatable bonds is 4. The van der Waals surface area contributed by atoms with Gasteiger partial charge >= 0.3 is 11.9 Å². The molecular weight excluding hydrogens is 246 g/mol. The van der Waals surface area contributed by atoms with Crippen LogP contribution in [0, 0.1) is 11.3 Å². The maximum atomic E-state index is 11.3. The fourth-order valence-electron chi connectivity index (χ4n) is 1.53. The van der Waals surface area contributed by atoms with Gasteiger partial charge in [-0.15, -0.1) is 10.2 Å². The Morgan fingerprint density at radius 2 is 2.32 bits per heavy atom. The fourth-order valence-corrected chi connectivity index (χ4v) is 1.53. The van der Waals surface area contributed by atoms with E-state index in [9.17, 15) is 4.79 Å². The lowest BCUT2D eigenvalue weighted by atomic mass is 10.1. The van der Waals surface area contributed by atoms with E-state index in [0.29, 0.717) is 17.9 Å². The van der Waals surface area contributed by atoms with E-state index in [2.05, 4.69) is 16.3 Å². The maximum absolute atomic E-state index is 11.3. The summed E-state index contributed by atoms with van der Waals surface area (Å²) >= 11 is 0. The molecule has 0 amide bonds. The van der Waals surface area contributed by atoms with Crippen LogP contribution in [0.2, 0.25) is 0 Å². The lowest BCUT2D eigenvalue weighted by Gasteiger charge is -1.97. The van der Waals surface area contributed by atoms with Crippen LogP contribution in [0.15, 0.2) is 28.7 Å². The van der Waals surface area contributed by atoms with Crippen LogP contribution in [-0.4, -0.2) is 22.8 Å². The molecule has 0 radical (unpaired) electrons. The van der Waals surface area contributed by atoms with E-state index in [1.54, 1.807) is 25.1 Å². The zero-order chi connectivity index (χ0) is 13.7. The van der Waals surface area contributed by atoms with Crippen molar-refractivity contribution in [1.29, 1.82) is 5.26 Å². The van der Waals surface area contributed by atoms with Gasteiger partial charge < -0.3 is 9.15 Å².